The number of methoxy groups -OCH3 is 2. The van der Waals surface area contributed by atoms with E-state index in [2.05, 4.69) is 10.3 Å². The lowest BCUT2D eigenvalue weighted by Crippen LogP contribution is -2.37. The topological polar surface area (TPSA) is 69.5 Å². The summed E-state index contributed by atoms with van der Waals surface area (Å²) in [6, 6.07) is 10.1. The third-order valence-electron chi connectivity index (χ3n) is 6.13. The second kappa shape index (κ2) is 8.41. The van der Waals surface area contributed by atoms with Gasteiger partial charge in [0, 0.05) is 27.3 Å². The summed E-state index contributed by atoms with van der Waals surface area (Å²) in [4.78, 5) is 14.8. The molecule has 1 saturated heterocycles. The second-order valence-electron chi connectivity index (χ2n) is 7.92. The molecule has 0 unspecified atom stereocenters. The lowest BCUT2D eigenvalue weighted by atomic mass is 9.77. The van der Waals surface area contributed by atoms with Crippen LogP contribution in [0, 0.1) is 11.8 Å². The van der Waals surface area contributed by atoms with Crippen LogP contribution in [-0.4, -0.2) is 59.2 Å². The predicted molar refractivity (Wildman–Crippen MR) is 104 cm³/mol. The summed E-state index contributed by atoms with van der Waals surface area (Å²) in [5.41, 5.74) is 1.90. The lowest BCUT2D eigenvalue weighted by Gasteiger charge is -2.36. The Kier molecular flexibility index (Phi) is 5.73. The zero-order chi connectivity index (χ0) is 19.5. The van der Waals surface area contributed by atoms with Crippen molar-refractivity contribution in [1.82, 2.24) is 19.9 Å². The molecule has 2 aliphatic rings. The summed E-state index contributed by atoms with van der Waals surface area (Å²) in [7, 11) is 3.42. The van der Waals surface area contributed by atoms with Crippen LogP contribution < -0.4 is 0 Å². The molecule has 1 aliphatic heterocycles. The van der Waals surface area contributed by atoms with E-state index in [0.717, 1.165) is 37.2 Å². The van der Waals surface area contributed by atoms with Gasteiger partial charge < -0.3 is 14.4 Å². The van der Waals surface area contributed by atoms with Crippen LogP contribution in [-0.2, 0) is 27.3 Å². The first-order chi connectivity index (χ1) is 13.7. The third kappa shape index (κ3) is 3.95. The van der Waals surface area contributed by atoms with Crippen LogP contribution in [0.3, 0.4) is 0 Å². The molecular formula is C21H28N4O3. The Bertz CT molecular complexity index is 794. The van der Waals surface area contributed by atoms with Crippen LogP contribution >= 0.6 is 0 Å². The van der Waals surface area contributed by atoms with Crippen molar-refractivity contribution < 1.29 is 14.3 Å². The number of amides is 1. The van der Waals surface area contributed by atoms with Crippen molar-refractivity contribution in [3.63, 3.8) is 0 Å². The van der Waals surface area contributed by atoms with Gasteiger partial charge in [0.2, 0.25) is 5.91 Å². The summed E-state index contributed by atoms with van der Waals surface area (Å²) < 4.78 is 12.9. The molecule has 2 fully saturated rings. The van der Waals surface area contributed by atoms with E-state index in [1.54, 1.807) is 14.2 Å². The number of rotatable bonds is 6. The van der Waals surface area contributed by atoms with E-state index in [4.69, 9.17) is 9.47 Å². The highest BCUT2D eigenvalue weighted by Gasteiger charge is 2.44. The molecule has 1 saturated carbocycles. The Hall–Kier alpha value is -2.25. The number of ether oxygens (including phenoxy) is 2. The molecule has 2 aromatic rings. The highest BCUT2D eigenvalue weighted by Crippen LogP contribution is 2.42. The van der Waals surface area contributed by atoms with Crippen LogP contribution in [0.5, 0.6) is 0 Å². The Balaban J connectivity index is 1.42. The molecule has 7 heteroatoms. The minimum Gasteiger partial charge on any atom is -0.379 e. The number of aromatic nitrogens is 3. The van der Waals surface area contributed by atoms with Crippen molar-refractivity contribution >= 4 is 5.91 Å². The molecule has 1 aromatic carbocycles. The minimum absolute atomic E-state index is 0.0857. The molecule has 1 aliphatic carbocycles. The molecule has 1 aromatic heterocycles. The van der Waals surface area contributed by atoms with Gasteiger partial charge in [0.15, 0.2) is 0 Å². The molecule has 28 heavy (non-hydrogen) atoms. The van der Waals surface area contributed by atoms with E-state index in [1.165, 1.54) is 0 Å². The maximum atomic E-state index is 12.8. The van der Waals surface area contributed by atoms with Gasteiger partial charge in [0.1, 0.15) is 5.69 Å². The average molecular weight is 384 g/mol. The van der Waals surface area contributed by atoms with Gasteiger partial charge >= 0.3 is 0 Å². The zero-order valence-electron chi connectivity index (χ0n) is 16.5. The molecule has 1 amide bonds. The largest absolute Gasteiger partial charge is 0.379 e. The SMILES string of the molecule is COCc1cn([C@@H]2C[C@@H]3CN(C(=O)Cc4ccccc4)C[C@@H]3C[C@H]2OC)nn1. The van der Waals surface area contributed by atoms with Crippen LogP contribution in [0.2, 0.25) is 0 Å². The van der Waals surface area contributed by atoms with Crippen molar-refractivity contribution in [2.75, 3.05) is 27.3 Å². The highest BCUT2D eigenvalue weighted by molar-refractivity contribution is 5.79. The molecule has 0 N–H and O–H groups in total. The first-order valence-corrected chi connectivity index (χ1v) is 9.92. The summed E-state index contributed by atoms with van der Waals surface area (Å²) in [6.07, 6.45) is 4.41. The molecule has 2 heterocycles. The van der Waals surface area contributed by atoms with E-state index in [1.807, 2.05) is 46.1 Å². The van der Waals surface area contributed by atoms with Crippen molar-refractivity contribution in [3.05, 3.63) is 47.8 Å². The number of nitrogens with zero attached hydrogens (tertiary/aromatic N) is 4. The number of carbonyl (C=O) groups excluding carboxylic acids is 1. The van der Waals surface area contributed by atoms with Gasteiger partial charge in [-0.2, -0.15) is 0 Å². The molecular weight excluding hydrogens is 356 g/mol. The monoisotopic (exact) mass is 384 g/mol. The van der Waals surface area contributed by atoms with Gasteiger partial charge in [0.05, 0.1) is 31.4 Å². The van der Waals surface area contributed by atoms with Gasteiger partial charge in [-0.1, -0.05) is 35.5 Å². The second-order valence-corrected chi connectivity index (χ2v) is 7.92. The van der Waals surface area contributed by atoms with Crippen LogP contribution in [0.1, 0.15) is 30.1 Å². The van der Waals surface area contributed by atoms with Gasteiger partial charge in [-0.3, -0.25) is 4.79 Å². The van der Waals surface area contributed by atoms with Crippen molar-refractivity contribution in [2.45, 2.75) is 38.0 Å². The fourth-order valence-corrected chi connectivity index (χ4v) is 4.70. The fraction of sp³-hybridized carbons (Fsp3) is 0.571. The molecule has 150 valence electrons. The van der Waals surface area contributed by atoms with E-state index in [-0.39, 0.29) is 18.1 Å². The Morgan fingerprint density at radius 1 is 1.14 bits per heavy atom. The third-order valence-corrected chi connectivity index (χ3v) is 6.13. The minimum atomic E-state index is 0.0857. The van der Waals surface area contributed by atoms with Crippen molar-refractivity contribution in [1.29, 1.82) is 0 Å². The summed E-state index contributed by atoms with van der Waals surface area (Å²) in [5, 5.41) is 8.50. The fourth-order valence-electron chi connectivity index (χ4n) is 4.70. The summed E-state index contributed by atoms with van der Waals surface area (Å²) in [5.74, 6) is 1.18. The first-order valence-electron chi connectivity index (χ1n) is 9.92. The molecule has 4 rings (SSSR count). The number of carbonyl (C=O) groups is 1. The van der Waals surface area contributed by atoms with Crippen molar-refractivity contribution in [2.24, 2.45) is 11.8 Å². The quantitative estimate of drug-likeness (QED) is 0.763. The van der Waals surface area contributed by atoms with E-state index in [9.17, 15) is 4.79 Å². The number of fused-ring (bicyclic) bond motifs is 1. The van der Waals surface area contributed by atoms with Gasteiger partial charge in [0.25, 0.3) is 0 Å². The Morgan fingerprint density at radius 3 is 2.61 bits per heavy atom. The number of likely N-dealkylation sites (tertiary alicyclic amines) is 1. The summed E-state index contributed by atoms with van der Waals surface area (Å²) >= 11 is 0. The average Bonchev–Trinajstić information content (AvgIpc) is 3.34. The van der Waals surface area contributed by atoms with E-state index >= 15 is 0 Å². The molecule has 0 spiro atoms. The summed E-state index contributed by atoms with van der Waals surface area (Å²) in [6.45, 7) is 2.11. The van der Waals surface area contributed by atoms with Gasteiger partial charge in [-0.05, 0) is 30.2 Å². The standard InChI is InChI=1S/C21H28N4O3/c1-27-14-18-13-25(23-22-18)19-9-16-11-24(12-17(16)10-20(19)28-2)21(26)8-15-6-4-3-5-7-15/h3-7,13,16-17,19-20H,8-12,14H2,1-2H3/t16-,17+,19-,20-/m1/s1. The van der Waals surface area contributed by atoms with E-state index in [0.29, 0.717) is 24.9 Å². The molecule has 7 nitrogen and oxygen atoms in total. The van der Waals surface area contributed by atoms with Crippen LogP contribution in [0.4, 0.5) is 0 Å². The Morgan fingerprint density at radius 2 is 1.89 bits per heavy atom. The van der Waals surface area contributed by atoms with Gasteiger partial charge in [-0.15, -0.1) is 5.10 Å². The van der Waals surface area contributed by atoms with Crippen molar-refractivity contribution in [3.8, 4) is 0 Å². The van der Waals surface area contributed by atoms with Crippen LogP contribution in [0.15, 0.2) is 36.5 Å². The van der Waals surface area contributed by atoms with Crippen LogP contribution in [0.25, 0.3) is 0 Å². The zero-order valence-corrected chi connectivity index (χ0v) is 16.5. The van der Waals surface area contributed by atoms with Gasteiger partial charge in [-0.25, -0.2) is 4.68 Å². The normalized spacial score (nSPS) is 27.0. The number of hydrogen-bond acceptors (Lipinski definition) is 5. The highest BCUT2D eigenvalue weighted by atomic mass is 16.5. The van der Waals surface area contributed by atoms with E-state index < -0.39 is 0 Å². The maximum absolute atomic E-state index is 12.8. The maximum Gasteiger partial charge on any atom is 0.227 e. The predicted octanol–water partition coefficient (Wildman–Crippen LogP) is 2.09. The first kappa shape index (κ1) is 19.1. The lowest BCUT2D eigenvalue weighted by molar-refractivity contribution is -0.129. The smallest absolute Gasteiger partial charge is 0.227 e. The molecule has 4 atom stereocenters. The number of benzene rings is 1. The molecule has 0 radical (unpaired) electrons. The Labute approximate surface area is 165 Å². The number of hydrogen-bond donors (Lipinski definition) is 0. The molecule has 0 bridgehead atoms.